The zero-order valence-corrected chi connectivity index (χ0v) is 20.1. The molecule has 0 aromatic heterocycles. The second kappa shape index (κ2) is 10.7. The van der Waals surface area contributed by atoms with Crippen LogP contribution in [0.1, 0.15) is 33.6 Å². The molecule has 0 radical (unpaired) electrons. The number of benzene rings is 2. The maximum absolute atomic E-state index is 13.9. The zero-order chi connectivity index (χ0) is 25.0. The predicted octanol–water partition coefficient (Wildman–Crippen LogP) is 2.72. The van der Waals surface area contributed by atoms with Crippen molar-refractivity contribution in [2.75, 3.05) is 40.0 Å². The molecule has 4 rings (SSSR count). The Labute approximate surface area is 207 Å². The molecule has 2 aromatic rings. The molecule has 2 aliphatic rings. The summed E-state index contributed by atoms with van der Waals surface area (Å²) < 4.78 is 25.0. The van der Waals surface area contributed by atoms with Gasteiger partial charge in [0.2, 0.25) is 5.91 Å². The summed E-state index contributed by atoms with van der Waals surface area (Å²) in [6.45, 7) is 1.26. The van der Waals surface area contributed by atoms with E-state index < -0.39 is 23.5 Å². The van der Waals surface area contributed by atoms with Crippen molar-refractivity contribution in [2.24, 2.45) is 0 Å². The summed E-state index contributed by atoms with van der Waals surface area (Å²) in [5, 5.41) is 3.30. The maximum Gasteiger partial charge on any atom is 0.256 e. The van der Waals surface area contributed by atoms with Crippen molar-refractivity contribution in [2.45, 2.75) is 24.6 Å². The fourth-order valence-corrected chi connectivity index (χ4v) is 4.68. The van der Waals surface area contributed by atoms with Gasteiger partial charge in [0, 0.05) is 55.7 Å². The monoisotopic (exact) mass is 503 g/mol. The summed E-state index contributed by atoms with van der Waals surface area (Å²) in [7, 11) is 1.53. The molecule has 0 bridgehead atoms. The van der Waals surface area contributed by atoms with Crippen LogP contribution in [0.4, 0.5) is 4.39 Å². The first-order chi connectivity index (χ1) is 16.8. The zero-order valence-electron chi connectivity index (χ0n) is 19.3. The van der Waals surface area contributed by atoms with Gasteiger partial charge >= 0.3 is 0 Å². The number of nitrogens with zero attached hydrogens (tertiary/aromatic N) is 2. The molecule has 8 nitrogen and oxygen atoms in total. The molecule has 186 valence electrons. The molecule has 10 heteroatoms. The average Bonchev–Trinajstić information content (AvgIpc) is 3.22. The number of nitrogens with one attached hydrogen (secondary N) is 1. The molecule has 2 fully saturated rings. The molecule has 2 aromatic carbocycles. The van der Waals surface area contributed by atoms with Crippen molar-refractivity contribution in [1.29, 1.82) is 0 Å². The lowest BCUT2D eigenvalue weighted by molar-refractivity contribution is -0.128. The molecule has 0 saturated carbocycles. The number of rotatable bonds is 6. The van der Waals surface area contributed by atoms with Gasteiger partial charge in [0.1, 0.15) is 17.6 Å². The van der Waals surface area contributed by atoms with Crippen molar-refractivity contribution in [3.8, 4) is 0 Å². The molecule has 2 heterocycles. The molecular formula is C25H27ClFN3O5. The molecule has 1 N–H and O–H groups in total. The highest BCUT2D eigenvalue weighted by Crippen LogP contribution is 2.39. The van der Waals surface area contributed by atoms with E-state index in [1.165, 1.54) is 30.2 Å². The predicted molar refractivity (Wildman–Crippen MR) is 127 cm³/mol. The van der Waals surface area contributed by atoms with E-state index in [2.05, 4.69) is 5.32 Å². The van der Waals surface area contributed by atoms with E-state index in [1.54, 1.807) is 29.2 Å². The van der Waals surface area contributed by atoms with Crippen molar-refractivity contribution < 1.29 is 28.2 Å². The third kappa shape index (κ3) is 5.32. The molecule has 1 atom stereocenters. The number of methoxy groups -OCH3 is 1. The van der Waals surface area contributed by atoms with Gasteiger partial charge in [-0.25, -0.2) is 4.39 Å². The number of piperidine rings is 1. The minimum absolute atomic E-state index is 0.00496. The van der Waals surface area contributed by atoms with Crippen LogP contribution in [0.2, 0.25) is 5.02 Å². The van der Waals surface area contributed by atoms with E-state index in [4.69, 9.17) is 21.1 Å². The van der Waals surface area contributed by atoms with Gasteiger partial charge in [-0.15, -0.1) is 0 Å². The van der Waals surface area contributed by atoms with E-state index in [-0.39, 0.29) is 30.5 Å². The third-order valence-corrected chi connectivity index (χ3v) is 6.63. The van der Waals surface area contributed by atoms with Crippen LogP contribution < -0.4 is 5.32 Å². The number of halogens is 2. The molecule has 2 aliphatic heterocycles. The van der Waals surface area contributed by atoms with E-state index >= 15 is 0 Å². The lowest BCUT2D eigenvalue weighted by atomic mass is 9.96. The number of amides is 3. The largest absolute Gasteiger partial charge is 0.383 e. The minimum atomic E-state index is -1.08. The number of ether oxygens (including phenoxy) is 2. The van der Waals surface area contributed by atoms with Crippen molar-refractivity contribution in [3.05, 3.63) is 70.5 Å². The summed E-state index contributed by atoms with van der Waals surface area (Å²) in [4.78, 5) is 42.6. The van der Waals surface area contributed by atoms with Gasteiger partial charge in [-0.2, -0.15) is 0 Å². The van der Waals surface area contributed by atoms with Crippen LogP contribution in [0.25, 0.3) is 0 Å². The highest BCUT2D eigenvalue weighted by Gasteiger charge is 2.54. The summed E-state index contributed by atoms with van der Waals surface area (Å²) in [6.07, 6.45) is 0.629. The fourth-order valence-electron chi connectivity index (χ4n) is 4.56. The fraction of sp³-hybridized carbons (Fsp3) is 0.400. The Bertz CT molecular complexity index is 1090. The van der Waals surface area contributed by atoms with Crippen molar-refractivity contribution in [3.63, 3.8) is 0 Å². The van der Waals surface area contributed by atoms with E-state index in [0.717, 1.165) is 6.07 Å². The van der Waals surface area contributed by atoms with Crippen LogP contribution in [0.5, 0.6) is 0 Å². The Morgan fingerprint density at radius 2 is 1.83 bits per heavy atom. The number of carbonyl (C=O) groups excluding carboxylic acids is 3. The SMILES string of the molecule is COCCNC(=O)C1COC2(CCN(C(=O)c3ccc(Cl)cc3)CC2)N1C(=O)c1cccc(F)c1. The quantitative estimate of drug-likeness (QED) is 0.612. The lowest BCUT2D eigenvalue weighted by Gasteiger charge is -2.44. The van der Waals surface area contributed by atoms with Gasteiger partial charge < -0.3 is 19.7 Å². The Morgan fingerprint density at radius 1 is 1.11 bits per heavy atom. The van der Waals surface area contributed by atoms with Gasteiger partial charge in [0.05, 0.1) is 13.2 Å². The first kappa shape index (κ1) is 25.1. The highest BCUT2D eigenvalue weighted by molar-refractivity contribution is 6.30. The number of carbonyl (C=O) groups is 3. The average molecular weight is 504 g/mol. The number of hydrogen-bond donors (Lipinski definition) is 1. The molecule has 35 heavy (non-hydrogen) atoms. The van der Waals surface area contributed by atoms with Gasteiger partial charge in [0.15, 0.2) is 0 Å². The Hall–Kier alpha value is -3.01. The third-order valence-electron chi connectivity index (χ3n) is 6.38. The standard InChI is InChI=1S/C25H27ClFN3O5/c1-34-14-11-28-22(31)21-16-35-25(30(21)24(33)18-3-2-4-20(27)15-18)9-12-29(13-10-25)23(32)17-5-7-19(26)8-6-17/h2-8,15,21H,9-14,16H2,1H3,(H,28,31). The first-order valence-corrected chi connectivity index (χ1v) is 11.8. The number of hydrogen-bond acceptors (Lipinski definition) is 5. The van der Waals surface area contributed by atoms with Crippen LogP contribution in [0.3, 0.4) is 0 Å². The van der Waals surface area contributed by atoms with E-state index in [9.17, 15) is 18.8 Å². The van der Waals surface area contributed by atoms with Crippen LogP contribution in [0, 0.1) is 5.82 Å². The Kier molecular flexibility index (Phi) is 7.69. The van der Waals surface area contributed by atoms with Gasteiger partial charge in [-0.1, -0.05) is 17.7 Å². The van der Waals surface area contributed by atoms with Crippen LogP contribution >= 0.6 is 11.6 Å². The second-order valence-electron chi connectivity index (χ2n) is 8.54. The van der Waals surface area contributed by atoms with Crippen LogP contribution in [-0.4, -0.2) is 79.2 Å². The maximum atomic E-state index is 13.9. The molecule has 2 saturated heterocycles. The Balaban J connectivity index is 1.55. The van der Waals surface area contributed by atoms with E-state index in [1.807, 2.05) is 0 Å². The topological polar surface area (TPSA) is 88.2 Å². The normalized spacial score (nSPS) is 19.1. The lowest BCUT2D eigenvalue weighted by Crippen LogP contribution is -2.60. The molecule has 0 aliphatic carbocycles. The summed E-state index contributed by atoms with van der Waals surface area (Å²) >= 11 is 5.93. The minimum Gasteiger partial charge on any atom is -0.383 e. The van der Waals surface area contributed by atoms with Gasteiger partial charge in [-0.3, -0.25) is 19.3 Å². The van der Waals surface area contributed by atoms with Crippen molar-refractivity contribution >= 4 is 29.3 Å². The molecular weight excluding hydrogens is 477 g/mol. The highest BCUT2D eigenvalue weighted by atomic mass is 35.5. The van der Waals surface area contributed by atoms with Gasteiger partial charge in [-0.05, 0) is 42.5 Å². The summed E-state index contributed by atoms with van der Waals surface area (Å²) in [5.41, 5.74) is -0.436. The molecule has 3 amide bonds. The molecule has 1 spiro atoms. The second-order valence-corrected chi connectivity index (χ2v) is 8.98. The summed E-state index contributed by atoms with van der Waals surface area (Å²) in [5.74, 6) is -1.56. The molecule has 1 unspecified atom stereocenters. The van der Waals surface area contributed by atoms with Crippen molar-refractivity contribution in [1.82, 2.24) is 15.1 Å². The first-order valence-electron chi connectivity index (χ1n) is 11.4. The van der Waals surface area contributed by atoms with Gasteiger partial charge in [0.25, 0.3) is 11.8 Å². The smallest absolute Gasteiger partial charge is 0.256 e. The summed E-state index contributed by atoms with van der Waals surface area (Å²) in [6, 6.07) is 11.1. The van der Waals surface area contributed by atoms with Crippen LogP contribution in [0.15, 0.2) is 48.5 Å². The van der Waals surface area contributed by atoms with Crippen LogP contribution in [-0.2, 0) is 14.3 Å². The Morgan fingerprint density at radius 3 is 2.49 bits per heavy atom. The number of likely N-dealkylation sites (tertiary alicyclic amines) is 1. The van der Waals surface area contributed by atoms with E-state index in [0.29, 0.717) is 43.1 Å².